The lowest BCUT2D eigenvalue weighted by atomic mass is 10.2. The van der Waals surface area contributed by atoms with Crippen LogP contribution in [-0.2, 0) is 11.5 Å². The van der Waals surface area contributed by atoms with Gasteiger partial charge in [-0.1, -0.05) is 41.4 Å². The molecule has 2 rings (SSSR count). The second kappa shape index (κ2) is 7.55. The SMILES string of the molecule is CCNc1ccc(Cl)c(CSCc2cccc(C)c2)n1. The van der Waals surface area contributed by atoms with E-state index in [9.17, 15) is 0 Å². The van der Waals surface area contributed by atoms with Gasteiger partial charge in [-0.15, -0.1) is 0 Å². The van der Waals surface area contributed by atoms with Crippen molar-refractivity contribution in [2.45, 2.75) is 25.4 Å². The molecule has 0 unspecified atom stereocenters. The van der Waals surface area contributed by atoms with Gasteiger partial charge in [0.2, 0.25) is 0 Å². The molecular weight excluding hydrogens is 288 g/mol. The molecule has 0 aliphatic rings. The fourth-order valence-electron chi connectivity index (χ4n) is 1.93. The van der Waals surface area contributed by atoms with Crippen LogP contribution >= 0.6 is 23.4 Å². The molecule has 1 N–H and O–H groups in total. The highest BCUT2D eigenvalue weighted by atomic mass is 35.5. The fourth-order valence-corrected chi connectivity index (χ4v) is 3.11. The van der Waals surface area contributed by atoms with Gasteiger partial charge in [0.15, 0.2) is 0 Å². The van der Waals surface area contributed by atoms with E-state index in [1.54, 1.807) is 0 Å². The Kier molecular flexibility index (Phi) is 5.74. The van der Waals surface area contributed by atoms with Crippen LogP contribution in [0.15, 0.2) is 36.4 Å². The number of aryl methyl sites for hydroxylation is 1. The van der Waals surface area contributed by atoms with Crippen molar-refractivity contribution in [2.75, 3.05) is 11.9 Å². The van der Waals surface area contributed by atoms with E-state index in [-0.39, 0.29) is 0 Å². The molecule has 20 heavy (non-hydrogen) atoms. The highest BCUT2D eigenvalue weighted by molar-refractivity contribution is 7.97. The summed E-state index contributed by atoms with van der Waals surface area (Å²) < 4.78 is 0. The minimum absolute atomic E-state index is 0.739. The Balaban J connectivity index is 1.95. The summed E-state index contributed by atoms with van der Waals surface area (Å²) in [5, 5.41) is 3.95. The second-order valence-electron chi connectivity index (χ2n) is 4.64. The van der Waals surface area contributed by atoms with Gasteiger partial charge in [0.25, 0.3) is 0 Å². The first kappa shape index (κ1) is 15.2. The van der Waals surface area contributed by atoms with Gasteiger partial charge in [-0.25, -0.2) is 4.98 Å². The van der Waals surface area contributed by atoms with Crippen LogP contribution in [0, 0.1) is 6.92 Å². The zero-order valence-electron chi connectivity index (χ0n) is 11.8. The van der Waals surface area contributed by atoms with E-state index in [0.29, 0.717) is 0 Å². The van der Waals surface area contributed by atoms with Crippen LogP contribution in [0.25, 0.3) is 0 Å². The van der Waals surface area contributed by atoms with Crippen molar-refractivity contribution in [3.05, 3.63) is 58.2 Å². The first-order valence-electron chi connectivity index (χ1n) is 6.71. The Morgan fingerprint density at radius 3 is 2.80 bits per heavy atom. The van der Waals surface area contributed by atoms with E-state index in [2.05, 4.69) is 48.4 Å². The average Bonchev–Trinajstić information content (AvgIpc) is 2.43. The number of halogens is 1. The van der Waals surface area contributed by atoms with Crippen molar-refractivity contribution >= 4 is 29.2 Å². The predicted octanol–water partition coefficient (Wildman–Crippen LogP) is 4.91. The van der Waals surface area contributed by atoms with Crippen molar-refractivity contribution in [1.29, 1.82) is 0 Å². The minimum atomic E-state index is 0.739. The summed E-state index contributed by atoms with van der Waals surface area (Å²) in [5.41, 5.74) is 3.59. The third-order valence-electron chi connectivity index (χ3n) is 2.87. The van der Waals surface area contributed by atoms with Crippen LogP contribution < -0.4 is 5.32 Å². The summed E-state index contributed by atoms with van der Waals surface area (Å²) in [4.78, 5) is 4.55. The Hall–Kier alpha value is -1.19. The first-order valence-corrected chi connectivity index (χ1v) is 8.25. The maximum Gasteiger partial charge on any atom is 0.126 e. The number of hydrogen-bond acceptors (Lipinski definition) is 3. The van der Waals surface area contributed by atoms with Gasteiger partial charge < -0.3 is 5.32 Å². The van der Waals surface area contributed by atoms with Crippen LogP contribution in [0.1, 0.15) is 23.7 Å². The molecule has 0 fully saturated rings. The largest absolute Gasteiger partial charge is 0.370 e. The molecule has 0 saturated heterocycles. The number of anilines is 1. The number of nitrogens with zero attached hydrogens (tertiary/aromatic N) is 1. The molecule has 0 radical (unpaired) electrons. The van der Waals surface area contributed by atoms with Crippen molar-refractivity contribution in [2.24, 2.45) is 0 Å². The van der Waals surface area contributed by atoms with Crippen molar-refractivity contribution in [3.8, 4) is 0 Å². The van der Waals surface area contributed by atoms with Crippen molar-refractivity contribution < 1.29 is 0 Å². The molecule has 4 heteroatoms. The summed E-state index contributed by atoms with van der Waals surface area (Å²) in [6.07, 6.45) is 0. The molecule has 0 saturated carbocycles. The number of hydrogen-bond donors (Lipinski definition) is 1. The lowest BCUT2D eigenvalue weighted by Crippen LogP contribution is -2.01. The molecule has 106 valence electrons. The molecule has 1 aromatic heterocycles. The molecule has 0 amide bonds. The van der Waals surface area contributed by atoms with Crippen LogP contribution in [0.3, 0.4) is 0 Å². The predicted molar refractivity (Wildman–Crippen MR) is 89.6 cm³/mol. The number of thioether (sulfide) groups is 1. The monoisotopic (exact) mass is 306 g/mol. The highest BCUT2D eigenvalue weighted by Gasteiger charge is 2.04. The maximum absolute atomic E-state index is 6.20. The summed E-state index contributed by atoms with van der Waals surface area (Å²) in [6.45, 7) is 5.04. The van der Waals surface area contributed by atoms with Gasteiger partial charge in [0.05, 0.1) is 10.7 Å². The summed E-state index contributed by atoms with van der Waals surface area (Å²) in [7, 11) is 0. The topological polar surface area (TPSA) is 24.9 Å². The summed E-state index contributed by atoms with van der Waals surface area (Å²) >= 11 is 8.03. The number of aromatic nitrogens is 1. The van der Waals surface area contributed by atoms with Gasteiger partial charge in [-0.3, -0.25) is 0 Å². The summed E-state index contributed by atoms with van der Waals surface area (Å²) in [6, 6.07) is 12.4. The van der Waals surface area contributed by atoms with E-state index in [1.165, 1.54) is 11.1 Å². The van der Waals surface area contributed by atoms with E-state index in [4.69, 9.17) is 11.6 Å². The maximum atomic E-state index is 6.20. The van der Waals surface area contributed by atoms with Gasteiger partial charge in [0.1, 0.15) is 5.82 Å². The minimum Gasteiger partial charge on any atom is -0.370 e. The third kappa shape index (κ3) is 4.43. The third-order valence-corrected chi connectivity index (χ3v) is 4.23. The second-order valence-corrected chi connectivity index (χ2v) is 6.03. The van der Waals surface area contributed by atoms with Crippen LogP contribution in [0.2, 0.25) is 5.02 Å². The molecular formula is C16H19ClN2S. The fraction of sp³-hybridized carbons (Fsp3) is 0.312. The molecule has 2 aromatic rings. The highest BCUT2D eigenvalue weighted by Crippen LogP contribution is 2.23. The molecule has 1 aromatic carbocycles. The number of nitrogens with one attached hydrogen (secondary N) is 1. The van der Waals surface area contributed by atoms with Crippen LogP contribution in [-0.4, -0.2) is 11.5 Å². The smallest absolute Gasteiger partial charge is 0.126 e. The van der Waals surface area contributed by atoms with E-state index < -0.39 is 0 Å². The van der Waals surface area contributed by atoms with Crippen molar-refractivity contribution in [1.82, 2.24) is 4.98 Å². The zero-order valence-corrected chi connectivity index (χ0v) is 13.4. The van der Waals surface area contributed by atoms with Gasteiger partial charge >= 0.3 is 0 Å². The molecule has 0 atom stereocenters. The van der Waals surface area contributed by atoms with Crippen molar-refractivity contribution in [3.63, 3.8) is 0 Å². The van der Waals surface area contributed by atoms with E-state index in [1.807, 2.05) is 23.9 Å². The Bertz CT molecular complexity index is 572. The normalized spacial score (nSPS) is 10.6. The number of pyridine rings is 1. The molecule has 0 spiro atoms. The van der Waals surface area contributed by atoms with Crippen LogP contribution in [0.5, 0.6) is 0 Å². The molecule has 2 nitrogen and oxygen atoms in total. The lowest BCUT2D eigenvalue weighted by Gasteiger charge is -2.08. The first-order chi connectivity index (χ1) is 9.69. The van der Waals surface area contributed by atoms with E-state index >= 15 is 0 Å². The number of benzene rings is 1. The van der Waals surface area contributed by atoms with Gasteiger partial charge in [0, 0.05) is 18.1 Å². The molecule has 0 aliphatic heterocycles. The standard InChI is InChI=1S/C16H19ClN2S/c1-3-18-16-8-7-14(17)15(19-16)11-20-10-13-6-4-5-12(2)9-13/h4-9H,3,10-11H2,1-2H3,(H,18,19). The van der Waals surface area contributed by atoms with Gasteiger partial charge in [-0.2, -0.15) is 11.8 Å². The Labute approximate surface area is 130 Å². The molecule has 0 bridgehead atoms. The van der Waals surface area contributed by atoms with Crippen LogP contribution in [0.4, 0.5) is 5.82 Å². The quantitative estimate of drug-likeness (QED) is 0.821. The zero-order chi connectivity index (χ0) is 14.4. The molecule has 1 heterocycles. The Morgan fingerprint density at radius 2 is 2.05 bits per heavy atom. The average molecular weight is 307 g/mol. The number of rotatable bonds is 6. The van der Waals surface area contributed by atoms with E-state index in [0.717, 1.165) is 34.6 Å². The summed E-state index contributed by atoms with van der Waals surface area (Å²) in [5.74, 6) is 2.69. The lowest BCUT2D eigenvalue weighted by molar-refractivity contribution is 1.11. The Morgan fingerprint density at radius 1 is 1.20 bits per heavy atom. The van der Waals surface area contributed by atoms with Gasteiger partial charge in [-0.05, 0) is 31.5 Å². The molecule has 0 aliphatic carbocycles.